The number of hydrogen-bond donors (Lipinski definition) is 1. The largest absolute Gasteiger partial charge is 0.443 e. The van der Waals surface area contributed by atoms with E-state index in [1.54, 1.807) is 10.6 Å². The zero-order chi connectivity index (χ0) is 32.7. The van der Waals surface area contributed by atoms with E-state index in [0.29, 0.717) is 23.4 Å². The summed E-state index contributed by atoms with van der Waals surface area (Å²) in [6.07, 6.45) is 2.49. The van der Waals surface area contributed by atoms with Crippen LogP contribution in [0.3, 0.4) is 0 Å². The number of aromatic nitrogens is 1. The Hall–Kier alpha value is -3.24. The summed E-state index contributed by atoms with van der Waals surface area (Å²) >= 11 is 0. The highest BCUT2D eigenvalue weighted by Crippen LogP contribution is 2.36. The number of nitrogens with one attached hydrogen (secondary N) is 1. The van der Waals surface area contributed by atoms with Crippen LogP contribution in [-0.4, -0.2) is 73.4 Å². The van der Waals surface area contributed by atoms with Crippen molar-refractivity contribution in [2.75, 3.05) is 26.2 Å². The van der Waals surface area contributed by atoms with Gasteiger partial charge in [-0.3, -0.25) is 14.6 Å². The molecule has 1 aromatic heterocycles. The lowest BCUT2D eigenvalue weighted by atomic mass is 9.91. The molecule has 1 unspecified atom stereocenters. The van der Waals surface area contributed by atoms with Gasteiger partial charge in [-0.05, 0) is 80.6 Å². The Morgan fingerprint density at radius 1 is 1.04 bits per heavy atom. The first-order valence-electron chi connectivity index (χ1n) is 16.0. The van der Waals surface area contributed by atoms with Crippen LogP contribution in [0.1, 0.15) is 75.0 Å². The summed E-state index contributed by atoms with van der Waals surface area (Å²) in [6.45, 7) is 25.9. The second-order valence-corrected chi connectivity index (χ2v) is 16.8. The molecule has 1 N–H and O–H groups in total. The van der Waals surface area contributed by atoms with Crippen molar-refractivity contribution in [3.8, 4) is 11.3 Å². The van der Waals surface area contributed by atoms with E-state index in [1.165, 1.54) is 5.56 Å². The standard InChI is InChI=1S/C36H49N4O4Si/c1-10-25-12-13-27(32-28(25)22-37-33(32)41)30-20-26-19-24(11-14-29(26)40(30)34(42)43-36(5,6)7)23-38-15-17-39(18-16-38)31(44-45(8)9)21-35(2,3)4/h10-14,19-20,31H,1,15-18,21-23H2,2-9H3,(H,37,41). The fourth-order valence-corrected chi connectivity index (χ4v) is 7.13. The van der Waals surface area contributed by atoms with Crippen molar-refractivity contribution in [2.45, 2.75) is 86.0 Å². The first-order chi connectivity index (χ1) is 21.1. The summed E-state index contributed by atoms with van der Waals surface area (Å²) < 4.78 is 13.9. The van der Waals surface area contributed by atoms with Gasteiger partial charge in [-0.25, -0.2) is 9.36 Å². The number of rotatable bonds is 8. The topological polar surface area (TPSA) is 76.0 Å². The lowest BCUT2D eigenvalue weighted by Crippen LogP contribution is -2.52. The maximum absolute atomic E-state index is 13.7. The maximum Gasteiger partial charge on any atom is 0.419 e. The number of fused-ring (bicyclic) bond motifs is 2. The summed E-state index contributed by atoms with van der Waals surface area (Å²) in [7, 11) is -0.800. The third-order valence-electron chi connectivity index (χ3n) is 8.32. The lowest BCUT2D eigenvalue weighted by Gasteiger charge is -2.41. The van der Waals surface area contributed by atoms with Crippen LogP contribution in [0.4, 0.5) is 4.79 Å². The predicted octanol–water partition coefficient (Wildman–Crippen LogP) is 7.13. The van der Waals surface area contributed by atoms with Crippen molar-refractivity contribution in [2.24, 2.45) is 5.41 Å². The van der Waals surface area contributed by atoms with Crippen molar-refractivity contribution in [3.05, 3.63) is 65.2 Å². The molecule has 1 atom stereocenters. The molecule has 2 aliphatic rings. The van der Waals surface area contributed by atoms with Crippen molar-refractivity contribution >= 4 is 38.0 Å². The van der Waals surface area contributed by atoms with Crippen LogP contribution >= 0.6 is 0 Å². The van der Waals surface area contributed by atoms with E-state index < -0.39 is 20.7 Å². The molecule has 2 aliphatic heterocycles. The van der Waals surface area contributed by atoms with E-state index in [1.807, 2.05) is 45.0 Å². The van der Waals surface area contributed by atoms with Crippen LogP contribution < -0.4 is 5.32 Å². The summed E-state index contributed by atoms with van der Waals surface area (Å²) in [5.41, 5.74) is 5.23. The molecular weight excluding hydrogens is 581 g/mol. The molecule has 8 nitrogen and oxygen atoms in total. The van der Waals surface area contributed by atoms with Crippen molar-refractivity contribution in [1.29, 1.82) is 0 Å². The second kappa shape index (κ2) is 12.9. The molecule has 2 aromatic carbocycles. The Balaban J connectivity index is 1.43. The zero-order valence-electron chi connectivity index (χ0n) is 28.3. The Labute approximate surface area is 270 Å². The van der Waals surface area contributed by atoms with E-state index in [2.05, 4.69) is 67.7 Å². The van der Waals surface area contributed by atoms with Crippen LogP contribution in [0.5, 0.6) is 0 Å². The molecule has 1 fully saturated rings. The van der Waals surface area contributed by atoms with Gasteiger partial charge >= 0.3 is 6.09 Å². The molecule has 241 valence electrons. The van der Waals surface area contributed by atoms with E-state index in [9.17, 15) is 9.59 Å². The minimum atomic E-state index is -0.800. The Kier molecular flexibility index (Phi) is 9.47. The first-order valence-corrected chi connectivity index (χ1v) is 18.4. The van der Waals surface area contributed by atoms with Gasteiger partial charge in [0.05, 0.1) is 23.0 Å². The number of hydrogen-bond acceptors (Lipinski definition) is 6. The quantitative estimate of drug-likeness (QED) is 0.267. The molecule has 1 amide bonds. The average molecular weight is 630 g/mol. The van der Waals surface area contributed by atoms with E-state index in [0.717, 1.165) is 61.2 Å². The molecule has 3 aromatic rings. The Bertz CT molecular complexity index is 1590. The Morgan fingerprint density at radius 2 is 1.76 bits per heavy atom. The van der Waals surface area contributed by atoms with Gasteiger partial charge in [-0.2, -0.15) is 0 Å². The number of piperazine rings is 1. The van der Waals surface area contributed by atoms with E-state index >= 15 is 0 Å². The number of ether oxygens (including phenoxy) is 1. The first kappa shape index (κ1) is 33.1. The summed E-state index contributed by atoms with van der Waals surface area (Å²) in [6, 6.07) is 12.2. The van der Waals surface area contributed by atoms with Gasteiger partial charge in [-0.1, -0.05) is 51.6 Å². The molecular formula is C36H49N4O4Si. The Morgan fingerprint density at radius 3 is 2.38 bits per heavy atom. The van der Waals surface area contributed by atoms with E-state index in [-0.39, 0.29) is 17.6 Å². The normalized spacial score (nSPS) is 17.0. The van der Waals surface area contributed by atoms with Crippen molar-refractivity contribution < 1.29 is 18.8 Å². The minimum Gasteiger partial charge on any atom is -0.443 e. The van der Waals surface area contributed by atoms with Gasteiger partial charge in [-0.15, -0.1) is 0 Å². The SMILES string of the molecule is C=Cc1ccc(-c2cc3cc(CN4CCN(C(CC(C)(C)C)O[Si](C)C)CC4)ccc3n2C(=O)OC(C)(C)C)c2c1CNC2=O. The number of benzene rings is 2. The molecule has 0 aliphatic carbocycles. The maximum atomic E-state index is 13.7. The van der Waals surface area contributed by atoms with Crippen molar-refractivity contribution in [3.63, 3.8) is 0 Å². The summed E-state index contributed by atoms with van der Waals surface area (Å²) in [5, 5.41) is 3.88. The molecule has 45 heavy (non-hydrogen) atoms. The summed E-state index contributed by atoms with van der Waals surface area (Å²) in [4.78, 5) is 31.7. The highest BCUT2D eigenvalue weighted by atomic mass is 28.3. The average Bonchev–Trinajstić information content (AvgIpc) is 3.51. The zero-order valence-corrected chi connectivity index (χ0v) is 29.3. The van der Waals surface area contributed by atoms with Crippen molar-refractivity contribution in [1.82, 2.24) is 19.7 Å². The second-order valence-electron chi connectivity index (χ2n) is 14.7. The van der Waals surface area contributed by atoms with Crippen LogP contribution in [0.25, 0.3) is 28.2 Å². The number of carbonyl (C=O) groups is 2. The third kappa shape index (κ3) is 7.60. The third-order valence-corrected chi connectivity index (χ3v) is 9.06. The molecule has 9 heteroatoms. The van der Waals surface area contributed by atoms with Gasteiger partial charge < -0.3 is 14.5 Å². The fraction of sp³-hybridized carbons (Fsp3) is 0.500. The molecule has 5 rings (SSSR count). The molecule has 1 saturated heterocycles. The minimum absolute atomic E-state index is 0.144. The van der Waals surface area contributed by atoms with Gasteiger partial charge in [0.1, 0.15) is 5.60 Å². The number of carbonyl (C=O) groups excluding carboxylic acids is 2. The predicted molar refractivity (Wildman–Crippen MR) is 184 cm³/mol. The molecule has 1 radical (unpaired) electrons. The number of amides is 1. The van der Waals surface area contributed by atoms with Gasteiger partial charge in [0.2, 0.25) is 9.04 Å². The highest BCUT2D eigenvalue weighted by Gasteiger charge is 2.31. The molecule has 3 heterocycles. The molecule has 0 spiro atoms. The summed E-state index contributed by atoms with van der Waals surface area (Å²) in [5.74, 6) is -0.144. The van der Waals surface area contributed by atoms with Crippen LogP contribution in [0, 0.1) is 5.41 Å². The fourth-order valence-electron chi connectivity index (χ4n) is 6.35. The highest BCUT2D eigenvalue weighted by molar-refractivity contribution is 6.48. The van der Waals surface area contributed by atoms with E-state index in [4.69, 9.17) is 9.16 Å². The van der Waals surface area contributed by atoms with Gasteiger partial charge in [0.25, 0.3) is 5.91 Å². The molecule has 0 saturated carbocycles. The van der Waals surface area contributed by atoms with Crippen LogP contribution in [-0.2, 0) is 22.3 Å². The monoisotopic (exact) mass is 629 g/mol. The lowest BCUT2D eigenvalue weighted by molar-refractivity contribution is -0.0321. The van der Waals surface area contributed by atoms with Gasteiger partial charge in [0, 0.05) is 50.2 Å². The van der Waals surface area contributed by atoms with Crippen LogP contribution in [0.2, 0.25) is 13.1 Å². The number of nitrogens with zero attached hydrogens (tertiary/aromatic N) is 3. The van der Waals surface area contributed by atoms with Crippen LogP contribution in [0.15, 0.2) is 43.0 Å². The van der Waals surface area contributed by atoms with Gasteiger partial charge in [0.15, 0.2) is 0 Å². The molecule has 0 bridgehead atoms. The smallest absolute Gasteiger partial charge is 0.419 e.